The van der Waals surface area contributed by atoms with Gasteiger partial charge < -0.3 is 5.73 Å². The lowest BCUT2D eigenvalue weighted by molar-refractivity contribution is -0.115. The summed E-state index contributed by atoms with van der Waals surface area (Å²) in [6.07, 6.45) is 18.4. The van der Waals surface area contributed by atoms with E-state index in [2.05, 4.69) is 246 Å². The molecule has 0 bridgehead atoms. The molecule has 5 rings (SSSR count). The first-order valence-electron chi connectivity index (χ1n) is 35.8. The standard InChI is InChI=1S/C19H31NOS.C19H29NOS.C15H23N.2C15H20O.C4H11NOS.C2HF/c2*1-14(2)12-18(20-22(21)19(5,6)7)13-16(4)17-10-8-15(3)9-11-17;3*1-11(2)9-15(16)10-13(4)14-7-5-12(3)6-8-14;1-4(2,3)7(5)6;1-2-3/h8-12,16,18,20H,13H2,1-7H3;8-12,16H,13H2,1-7H3;5-9,13,15H,10,16H2,1-4H3;2*5-9,13H,10H2,1-4H3;5H2,1-3H3;1H/t16-,18-,22-;16-,22-;13-,15-;2*13-;7-;/m000000./s1. The molecule has 0 aliphatic carbocycles. The molecule has 0 radical (unpaired) electrons. The van der Waals surface area contributed by atoms with Crippen molar-refractivity contribution in [3.63, 3.8) is 0 Å². The molecule has 9 nitrogen and oxygen atoms in total. The predicted molar refractivity (Wildman–Crippen MR) is 448 cm³/mol. The molecule has 5 N–H and O–H groups in total. The lowest BCUT2D eigenvalue weighted by atomic mass is 9.93. The van der Waals surface area contributed by atoms with E-state index in [-0.39, 0.29) is 37.9 Å². The van der Waals surface area contributed by atoms with Crippen molar-refractivity contribution in [2.75, 3.05) is 0 Å². The van der Waals surface area contributed by atoms with Crippen LogP contribution in [0.25, 0.3) is 0 Å². The average molecular weight is 1460 g/mol. The maximum Gasteiger partial charge on any atom is 0.156 e. The SMILES string of the molecule is C#CF.CC(C)(C)[S@@](N)=O.CC(C)=CC(=O)C[C@H](C)c1ccc(C)cc1.CC(C)=CC(=O)C[C@H](C)c1ccc(C)cc1.CC(C)=CC(C[C@H](C)c1ccc(C)cc1)=N[S@@](=O)C(C)(C)C.CC(C)=C[C@@H](C[C@H](C)c1ccc(C)cc1)N[S@@](=O)C(C)(C)C.CC(C)=C[C@H](N)C[C@H](C)c1ccc(C)cc1. The number of allylic oxidation sites excluding steroid dienone is 8. The highest BCUT2D eigenvalue weighted by Gasteiger charge is 2.24. The quantitative estimate of drug-likeness (QED) is 0.0255. The van der Waals surface area contributed by atoms with E-state index in [1.54, 1.807) is 12.2 Å². The van der Waals surface area contributed by atoms with Gasteiger partial charge in [0, 0.05) is 24.9 Å². The summed E-state index contributed by atoms with van der Waals surface area (Å²) in [5, 5.41) is 5.04. The van der Waals surface area contributed by atoms with Crippen LogP contribution in [0, 0.1) is 47.2 Å². The van der Waals surface area contributed by atoms with Crippen LogP contribution >= 0.6 is 0 Å². The van der Waals surface area contributed by atoms with Gasteiger partial charge in [0.2, 0.25) is 0 Å². The number of ketones is 2. The number of hydrogen-bond donors (Lipinski definition) is 3. The number of halogens is 1. The third-order valence-corrected chi connectivity index (χ3v) is 19.9. The molecular weight excluding hydrogens is 1320 g/mol. The molecule has 0 unspecified atom stereocenters. The number of nitrogens with two attached hydrogens (primary N) is 2. The summed E-state index contributed by atoms with van der Waals surface area (Å²) in [5.41, 5.74) is 25.7. The largest absolute Gasteiger partial charge is 0.324 e. The second-order valence-electron chi connectivity index (χ2n) is 31.5. The molecule has 0 fully saturated rings. The van der Waals surface area contributed by atoms with Crippen LogP contribution in [0.1, 0.15) is 283 Å². The van der Waals surface area contributed by atoms with E-state index in [0.717, 1.165) is 42.3 Å². The van der Waals surface area contributed by atoms with Gasteiger partial charge in [-0.15, -0.1) is 4.39 Å². The highest BCUT2D eigenvalue weighted by molar-refractivity contribution is 7.85. The van der Waals surface area contributed by atoms with Crippen LogP contribution in [0.5, 0.6) is 0 Å². The molecule has 0 aromatic heterocycles. The Bertz CT molecular complexity index is 3470. The molecule has 566 valence electrons. The van der Waals surface area contributed by atoms with Crippen LogP contribution in [-0.2, 0) is 42.5 Å². The zero-order chi connectivity index (χ0) is 79.0. The van der Waals surface area contributed by atoms with E-state index in [9.17, 15) is 26.6 Å². The van der Waals surface area contributed by atoms with Gasteiger partial charge in [0.1, 0.15) is 17.2 Å². The lowest BCUT2D eigenvalue weighted by Crippen LogP contribution is -2.39. The van der Waals surface area contributed by atoms with Gasteiger partial charge in [-0.1, -0.05) is 230 Å². The van der Waals surface area contributed by atoms with Crippen LogP contribution in [0.4, 0.5) is 4.39 Å². The summed E-state index contributed by atoms with van der Waals surface area (Å²) in [6, 6.07) is 43.1. The molecule has 0 heterocycles. The third kappa shape index (κ3) is 47.8. The van der Waals surface area contributed by atoms with E-state index in [1.165, 1.54) is 72.4 Å². The van der Waals surface area contributed by atoms with Gasteiger partial charge in [0.25, 0.3) is 0 Å². The molecule has 5 aromatic carbocycles. The Balaban J connectivity index is 0. The van der Waals surface area contributed by atoms with Crippen molar-refractivity contribution in [1.29, 1.82) is 0 Å². The summed E-state index contributed by atoms with van der Waals surface area (Å²) in [5.74, 6) is 2.32. The minimum absolute atomic E-state index is 0.126. The topological polar surface area (TPSA) is 162 Å². The molecule has 0 spiro atoms. The van der Waals surface area contributed by atoms with Crippen LogP contribution in [0.2, 0.25) is 0 Å². The maximum atomic E-state index is 12.4. The smallest absolute Gasteiger partial charge is 0.156 e. The second-order valence-corrected chi connectivity index (χ2v) is 37.2. The first kappa shape index (κ1) is 97.7. The van der Waals surface area contributed by atoms with E-state index >= 15 is 0 Å². The first-order chi connectivity index (χ1) is 47.0. The fourth-order valence-corrected chi connectivity index (χ4v) is 11.0. The maximum absolute atomic E-state index is 12.4. The van der Waals surface area contributed by atoms with Crippen LogP contribution < -0.4 is 15.6 Å². The number of benzene rings is 5. The summed E-state index contributed by atoms with van der Waals surface area (Å²) in [7, 11) is -3.45. The Kier molecular flexibility index (Phi) is 48.0. The van der Waals surface area contributed by atoms with Gasteiger partial charge >= 0.3 is 0 Å². The highest BCUT2D eigenvalue weighted by atomic mass is 32.2. The molecule has 0 amide bonds. The van der Waals surface area contributed by atoms with Gasteiger partial charge in [-0.2, -0.15) is 4.40 Å². The summed E-state index contributed by atoms with van der Waals surface area (Å²) in [6.45, 7) is 59.0. The second kappa shape index (κ2) is 50.1. The Labute approximate surface area is 629 Å². The van der Waals surface area contributed by atoms with Gasteiger partial charge in [0.05, 0.1) is 41.9 Å². The Hall–Kier alpha value is -6.37. The molecule has 0 aliphatic heterocycles. The van der Waals surface area contributed by atoms with Gasteiger partial charge in [-0.05, 0) is 261 Å². The van der Waals surface area contributed by atoms with Crippen molar-refractivity contribution in [2.45, 2.75) is 289 Å². The number of terminal acetylenes is 1. The molecule has 102 heavy (non-hydrogen) atoms. The minimum Gasteiger partial charge on any atom is -0.324 e. The first-order valence-corrected chi connectivity index (χ1v) is 39.3. The van der Waals surface area contributed by atoms with E-state index in [1.807, 2.05) is 110 Å². The van der Waals surface area contributed by atoms with Gasteiger partial charge in [-0.3, -0.25) is 14.7 Å². The lowest BCUT2D eigenvalue weighted by Gasteiger charge is -2.25. The fraction of sp³-hybridized carbons (Fsp3) is 0.494. The monoisotopic (exact) mass is 1450 g/mol. The molecule has 10 atom stereocenters. The Morgan fingerprint density at radius 1 is 0.451 bits per heavy atom. The summed E-state index contributed by atoms with van der Waals surface area (Å²) < 4.78 is 51.8. The normalized spacial score (nSPS) is 14.0. The number of aryl methyl sites for hydroxylation is 5. The number of rotatable bonds is 23. The van der Waals surface area contributed by atoms with Gasteiger partial charge in [-0.25, -0.2) is 17.3 Å². The van der Waals surface area contributed by atoms with Crippen LogP contribution in [0.3, 0.4) is 0 Å². The molecule has 13 heteroatoms. The number of carbonyl (C=O) groups excluding carboxylic acids is 2. The predicted octanol–water partition coefficient (Wildman–Crippen LogP) is 23.0. The molecular formula is C89H135FN4O5S3. The van der Waals surface area contributed by atoms with Crippen LogP contribution in [0.15, 0.2) is 184 Å². The van der Waals surface area contributed by atoms with Crippen LogP contribution in [-0.4, -0.2) is 56.2 Å². The molecule has 0 saturated carbocycles. The number of carbonyl (C=O) groups is 2. The Morgan fingerprint density at radius 3 is 0.961 bits per heavy atom. The van der Waals surface area contributed by atoms with Crippen molar-refractivity contribution in [3.05, 3.63) is 235 Å². The van der Waals surface area contributed by atoms with E-state index in [0.29, 0.717) is 42.4 Å². The van der Waals surface area contributed by atoms with Gasteiger partial charge in [0.15, 0.2) is 11.6 Å². The summed E-state index contributed by atoms with van der Waals surface area (Å²) >= 11 is 0. The molecule has 5 aromatic rings. The highest BCUT2D eigenvalue weighted by Crippen LogP contribution is 2.27. The zero-order valence-electron chi connectivity index (χ0n) is 68.3. The average Bonchev–Trinajstić information content (AvgIpc) is 0.883. The minimum atomic E-state index is -1.22. The van der Waals surface area contributed by atoms with Crippen molar-refractivity contribution in [1.82, 2.24) is 4.72 Å². The molecule has 0 aliphatic rings. The summed E-state index contributed by atoms with van der Waals surface area (Å²) in [4.78, 5) is 23.3. The van der Waals surface area contributed by atoms with Crippen molar-refractivity contribution >= 4 is 50.2 Å². The zero-order valence-corrected chi connectivity index (χ0v) is 70.8. The Morgan fingerprint density at radius 2 is 0.716 bits per heavy atom. The number of nitrogens with zero attached hydrogens (tertiary/aromatic N) is 1. The van der Waals surface area contributed by atoms with E-state index < -0.39 is 33.0 Å². The van der Waals surface area contributed by atoms with Crippen molar-refractivity contribution in [2.24, 2.45) is 15.3 Å². The molecule has 0 saturated heterocycles. The third-order valence-electron chi connectivity index (χ3n) is 15.6. The van der Waals surface area contributed by atoms with E-state index in [4.69, 9.17) is 10.9 Å². The van der Waals surface area contributed by atoms with Crippen molar-refractivity contribution < 1.29 is 26.6 Å². The number of hydrogen-bond acceptors (Lipinski definition) is 6. The number of nitrogens with one attached hydrogen (secondary N) is 1. The fourth-order valence-electron chi connectivity index (χ4n) is 9.63. The van der Waals surface area contributed by atoms with Crippen molar-refractivity contribution in [3.8, 4) is 12.6 Å².